The van der Waals surface area contributed by atoms with Gasteiger partial charge >= 0.3 is 11.9 Å². The molecule has 16 nitrogen and oxygen atoms in total. The Balaban J connectivity index is 0.848. The second kappa shape index (κ2) is 16.6. The van der Waals surface area contributed by atoms with Gasteiger partial charge in [-0.15, -0.1) is 30.0 Å². The van der Waals surface area contributed by atoms with Gasteiger partial charge in [-0.05, 0) is 59.7 Å². The molecule has 0 aliphatic carbocycles. The SMILES string of the molecule is COc1ccc2nn(-c3cc(CC(=O)OCCOCCOCCOC(=O)Cc4ccc(O)c(-n5nc6ccc(OC)cc6n5)c4)ccc3O)nc2c1. The first-order chi connectivity index (χ1) is 25.3. The van der Waals surface area contributed by atoms with E-state index in [0.717, 1.165) is 0 Å². The number of ether oxygens (including phenoxy) is 6. The lowest BCUT2D eigenvalue weighted by molar-refractivity contribution is -0.146. The van der Waals surface area contributed by atoms with Crippen molar-refractivity contribution in [2.45, 2.75) is 12.8 Å². The van der Waals surface area contributed by atoms with E-state index in [9.17, 15) is 19.8 Å². The number of methoxy groups -OCH3 is 2. The molecule has 52 heavy (non-hydrogen) atoms. The molecule has 0 aliphatic rings. The van der Waals surface area contributed by atoms with E-state index in [0.29, 0.717) is 56.1 Å². The molecule has 2 aromatic heterocycles. The highest BCUT2D eigenvalue weighted by molar-refractivity contribution is 5.77. The normalized spacial score (nSPS) is 11.2. The van der Waals surface area contributed by atoms with Crippen LogP contribution in [0.1, 0.15) is 11.1 Å². The summed E-state index contributed by atoms with van der Waals surface area (Å²) < 4.78 is 31.9. The minimum Gasteiger partial charge on any atom is -0.506 e. The predicted molar refractivity (Wildman–Crippen MR) is 185 cm³/mol. The number of rotatable bonds is 17. The number of carbonyl (C=O) groups excluding carboxylic acids is 2. The van der Waals surface area contributed by atoms with Crippen LogP contribution in [0.3, 0.4) is 0 Å². The molecular formula is C36H36N6O10. The summed E-state index contributed by atoms with van der Waals surface area (Å²) >= 11 is 0. The lowest BCUT2D eigenvalue weighted by Crippen LogP contribution is -2.16. The van der Waals surface area contributed by atoms with Gasteiger partial charge in [-0.25, -0.2) is 0 Å². The highest BCUT2D eigenvalue weighted by Gasteiger charge is 2.15. The van der Waals surface area contributed by atoms with Crippen LogP contribution in [0, 0.1) is 0 Å². The molecule has 4 aromatic carbocycles. The predicted octanol–water partition coefficient (Wildman–Crippen LogP) is 3.49. The average molecular weight is 713 g/mol. The maximum atomic E-state index is 12.4. The van der Waals surface area contributed by atoms with Crippen LogP contribution in [0.15, 0.2) is 72.8 Å². The molecule has 270 valence electrons. The van der Waals surface area contributed by atoms with Gasteiger partial charge in [-0.3, -0.25) is 9.59 Å². The van der Waals surface area contributed by atoms with Crippen LogP contribution in [0.2, 0.25) is 0 Å². The zero-order valence-corrected chi connectivity index (χ0v) is 28.4. The van der Waals surface area contributed by atoms with E-state index in [-0.39, 0.29) is 64.0 Å². The third-order valence-corrected chi connectivity index (χ3v) is 7.74. The molecule has 2 N–H and O–H groups in total. The molecule has 0 spiro atoms. The number of esters is 2. The number of hydrogen-bond acceptors (Lipinski definition) is 14. The van der Waals surface area contributed by atoms with Gasteiger partial charge in [0.25, 0.3) is 0 Å². The highest BCUT2D eigenvalue weighted by Crippen LogP contribution is 2.26. The fourth-order valence-corrected chi connectivity index (χ4v) is 5.12. The van der Waals surface area contributed by atoms with Crippen LogP contribution < -0.4 is 9.47 Å². The van der Waals surface area contributed by atoms with Gasteiger partial charge in [0.15, 0.2) is 0 Å². The number of fused-ring (bicyclic) bond motifs is 2. The molecule has 6 rings (SSSR count). The van der Waals surface area contributed by atoms with Gasteiger partial charge in [-0.1, -0.05) is 12.1 Å². The second-order valence-corrected chi connectivity index (χ2v) is 11.4. The molecule has 0 atom stereocenters. The summed E-state index contributed by atoms with van der Waals surface area (Å²) in [6, 6.07) is 20.0. The molecule has 0 unspecified atom stereocenters. The van der Waals surface area contributed by atoms with Crippen molar-refractivity contribution in [2.24, 2.45) is 0 Å². The number of phenols is 2. The van der Waals surface area contributed by atoms with E-state index in [2.05, 4.69) is 20.4 Å². The first-order valence-electron chi connectivity index (χ1n) is 16.2. The van der Waals surface area contributed by atoms with Crippen molar-refractivity contribution < 1.29 is 48.2 Å². The van der Waals surface area contributed by atoms with Gasteiger partial charge in [0.1, 0.15) is 69.7 Å². The zero-order chi connectivity index (χ0) is 36.5. The largest absolute Gasteiger partial charge is 0.506 e. The van der Waals surface area contributed by atoms with Gasteiger partial charge in [-0.2, -0.15) is 0 Å². The van der Waals surface area contributed by atoms with E-state index in [1.54, 1.807) is 74.9 Å². The van der Waals surface area contributed by atoms with Gasteiger partial charge in [0, 0.05) is 12.1 Å². The summed E-state index contributed by atoms with van der Waals surface area (Å²) in [5.41, 5.74) is 4.30. The first kappa shape index (κ1) is 35.6. The topological polar surface area (TPSA) is 191 Å². The summed E-state index contributed by atoms with van der Waals surface area (Å²) in [4.78, 5) is 27.4. The van der Waals surface area contributed by atoms with Gasteiger partial charge in [0.05, 0.1) is 53.5 Å². The number of nitrogens with zero attached hydrogens (tertiary/aromatic N) is 6. The molecule has 0 amide bonds. The van der Waals surface area contributed by atoms with Crippen molar-refractivity contribution in [3.05, 3.63) is 83.9 Å². The molecule has 2 heterocycles. The van der Waals surface area contributed by atoms with Crippen LogP contribution >= 0.6 is 0 Å². The van der Waals surface area contributed by atoms with Crippen molar-refractivity contribution in [3.8, 4) is 34.4 Å². The van der Waals surface area contributed by atoms with E-state index in [1.165, 1.54) is 21.7 Å². The Morgan fingerprint density at radius 2 is 0.942 bits per heavy atom. The standard InChI is InChI=1S/C36H36N6O10/c1-47-25-5-7-27-29(21-25)39-41(37-27)31-17-23(3-9-33(31)43)19-35(45)51-15-13-49-11-12-50-14-16-52-36(46)20-24-4-10-34(44)32(18-24)42-38-28-8-6-26(48-2)22-30(28)40-42/h3-10,17-18,21-22,43-44H,11-16,19-20H2,1-2H3. The molecule has 16 heteroatoms. The number of hydrogen-bond donors (Lipinski definition) is 2. The van der Waals surface area contributed by atoms with Gasteiger partial charge < -0.3 is 38.6 Å². The van der Waals surface area contributed by atoms with Crippen molar-refractivity contribution in [1.29, 1.82) is 0 Å². The molecule has 0 saturated carbocycles. The molecular weight excluding hydrogens is 676 g/mol. The average Bonchev–Trinajstić information content (AvgIpc) is 3.77. The van der Waals surface area contributed by atoms with E-state index in [4.69, 9.17) is 28.4 Å². The third-order valence-electron chi connectivity index (χ3n) is 7.74. The summed E-state index contributed by atoms with van der Waals surface area (Å²) in [6.07, 6.45) is -0.0427. The Hall–Kier alpha value is -6.26. The monoisotopic (exact) mass is 712 g/mol. The fraction of sp³-hybridized carbons (Fsp3) is 0.278. The van der Waals surface area contributed by atoms with Gasteiger partial charge in [0.2, 0.25) is 0 Å². The van der Waals surface area contributed by atoms with Crippen molar-refractivity contribution in [2.75, 3.05) is 53.9 Å². The van der Waals surface area contributed by atoms with Crippen molar-refractivity contribution in [3.63, 3.8) is 0 Å². The quantitative estimate of drug-likeness (QED) is 0.103. The third kappa shape index (κ3) is 8.90. The first-order valence-corrected chi connectivity index (χ1v) is 16.2. The maximum absolute atomic E-state index is 12.4. The number of benzene rings is 4. The summed E-state index contributed by atoms with van der Waals surface area (Å²) in [5, 5.41) is 38.4. The number of carbonyl (C=O) groups is 2. The molecule has 0 saturated heterocycles. The zero-order valence-electron chi connectivity index (χ0n) is 28.4. The van der Waals surface area contributed by atoms with E-state index in [1.807, 2.05) is 0 Å². The van der Waals surface area contributed by atoms with E-state index < -0.39 is 11.9 Å². The van der Waals surface area contributed by atoms with Crippen LogP contribution in [-0.4, -0.2) is 106 Å². The molecule has 0 aliphatic heterocycles. The number of aromatic nitrogens is 6. The van der Waals surface area contributed by atoms with Crippen LogP contribution in [0.25, 0.3) is 33.4 Å². The summed E-state index contributed by atoms with van der Waals surface area (Å²) in [5.74, 6) is 0.270. The Morgan fingerprint density at radius 3 is 1.37 bits per heavy atom. The maximum Gasteiger partial charge on any atom is 0.310 e. The Labute approximate surface area is 297 Å². The second-order valence-electron chi connectivity index (χ2n) is 11.4. The molecule has 0 radical (unpaired) electrons. The number of phenolic OH excluding ortho intramolecular Hbond substituents is 2. The van der Waals surface area contributed by atoms with Crippen LogP contribution in [0.4, 0.5) is 0 Å². The Morgan fingerprint density at radius 1 is 0.538 bits per heavy atom. The van der Waals surface area contributed by atoms with Crippen LogP contribution in [-0.2, 0) is 41.4 Å². The Kier molecular flexibility index (Phi) is 11.4. The number of aromatic hydroxyl groups is 2. The Bertz CT molecular complexity index is 2030. The minimum absolute atomic E-state index is 0.0213. The smallest absolute Gasteiger partial charge is 0.310 e. The summed E-state index contributed by atoms with van der Waals surface area (Å²) in [6.45, 7) is 0.953. The molecule has 6 aromatic rings. The highest BCUT2D eigenvalue weighted by atomic mass is 16.6. The molecule has 0 fully saturated rings. The van der Waals surface area contributed by atoms with Crippen molar-refractivity contribution in [1.82, 2.24) is 30.0 Å². The fourth-order valence-electron chi connectivity index (χ4n) is 5.12. The van der Waals surface area contributed by atoms with Crippen LogP contribution in [0.5, 0.6) is 23.0 Å². The minimum atomic E-state index is -0.460. The van der Waals surface area contributed by atoms with Crippen molar-refractivity contribution >= 4 is 34.0 Å². The lowest BCUT2D eigenvalue weighted by Gasteiger charge is -2.09. The lowest BCUT2D eigenvalue weighted by atomic mass is 10.1. The molecule has 0 bridgehead atoms. The van der Waals surface area contributed by atoms with E-state index >= 15 is 0 Å². The summed E-state index contributed by atoms with van der Waals surface area (Å²) in [7, 11) is 3.12.